The van der Waals surface area contributed by atoms with Crippen LogP contribution in [0, 0.1) is 6.92 Å². The van der Waals surface area contributed by atoms with Crippen molar-refractivity contribution >= 4 is 5.91 Å². The standard InChI is InChI=1S/C10H12N2O2/c1-7-9(3-2-4-11-7)10(14)12-5-8(13)6-12/h2-4,8,13H,5-6H2,1H3. The first-order valence-electron chi connectivity index (χ1n) is 4.57. The van der Waals surface area contributed by atoms with Crippen LogP contribution < -0.4 is 0 Å². The lowest BCUT2D eigenvalue weighted by Crippen LogP contribution is -2.53. The highest BCUT2D eigenvalue weighted by Gasteiger charge is 2.30. The molecule has 14 heavy (non-hydrogen) atoms. The van der Waals surface area contributed by atoms with Crippen LogP contribution in [0.15, 0.2) is 18.3 Å². The molecule has 74 valence electrons. The molecule has 0 radical (unpaired) electrons. The molecule has 0 aromatic carbocycles. The van der Waals surface area contributed by atoms with Gasteiger partial charge in [-0.3, -0.25) is 9.78 Å². The van der Waals surface area contributed by atoms with Crippen molar-refractivity contribution in [1.29, 1.82) is 0 Å². The second kappa shape index (κ2) is 3.38. The maximum atomic E-state index is 11.8. The van der Waals surface area contributed by atoms with Gasteiger partial charge in [0.15, 0.2) is 0 Å². The number of aromatic nitrogens is 1. The van der Waals surface area contributed by atoms with Crippen molar-refractivity contribution in [2.24, 2.45) is 0 Å². The molecule has 0 spiro atoms. The monoisotopic (exact) mass is 192 g/mol. The Morgan fingerprint density at radius 1 is 1.64 bits per heavy atom. The molecule has 0 aliphatic carbocycles. The minimum atomic E-state index is -0.351. The van der Waals surface area contributed by atoms with Crippen LogP contribution in [-0.4, -0.2) is 40.1 Å². The van der Waals surface area contributed by atoms with Crippen molar-refractivity contribution in [1.82, 2.24) is 9.88 Å². The largest absolute Gasteiger partial charge is 0.389 e. The normalized spacial score (nSPS) is 16.6. The zero-order chi connectivity index (χ0) is 10.1. The Morgan fingerprint density at radius 3 is 2.93 bits per heavy atom. The lowest BCUT2D eigenvalue weighted by Gasteiger charge is -2.36. The van der Waals surface area contributed by atoms with E-state index in [-0.39, 0.29) is 12.0 Å². The highest BCUT2D eigenvalue weighted by atomic mass is 16.3. The summed E-state index contributed by atoms with van der Waals surface area (Å²) >= 11 is 0. The van der Waals surface area contributed by atoms with Crippen LogP contribution in [0.4, 0.5) is 0 Å². The van der Waals surface area contributed by atoms with Crippen LogP contribution in [0.25, 0.3) is 0 Å². The van der Waals surface area contributed by atoms with E-state index in [1.54, 1.807) is 23.2 Å². The molecule has 1 fully saturated rings. The minimum Gasteiger partial charge on any atom is -0.389 e. The number of pyridine rings is 1. The van der Waals surface area contributed by atoms with Crippen molar-refractivity contribution in [3.8, 4) is 0 Å². The molecule has 0 atom stereocenters. The lowest BCUT2D eigenvalue weighted by atomic mass is 10.1. The second-order valence-electron chi connectivity index (χ2n) is 3.50. The Hall–Kier alpha value is -1.42. The van der Waals surface area contributed by atoms with Gasteiger partial charge in [0, 0.05) is 25.0 Å². The number of aliphatic hydroxyl groups is 1. The van der Waals surface area contributed by atoms with Gasteiger partial charge in [0.05, 0.1) is 11.7 Å². The lowest BCUT2D eigenvalue weighted by molar-refractivity contribution is 0.00581. The highest BCUT2D eigenvalue weighted by Crippen LogP contribution is 2.14. The van der Waals surface area contributed by atoms with Gasteiger partial charge in [-0.05, 0) is 19.1 Å². The molecule has 4 nitrogen and oxygen atoms in total. The third kappa shape index (κ3) is 1.48. The van der Waals surface area contributed by atoms with E-state index in [1.807, 2.05) is 6.92 Å². The number of aliphatic hydroxyl groups excluding tert-OH is 1. The first-order valence-corrected chi connectivity index (χ1v) is 4.57. The van der Waals surface area contributed by atoms with E-state index < -0.39 is 0 Å². The molecule has 1 aromatic rings. The first-order chi connectivity index (χ1) is 6.68. The number of carbonyl (C=O) groups excluding carboxylic acids is 1. The van der Waals surface area contributed by atoms with E-state index in [2.05, 4.69) is 4.98 Å². The fraction of sp³-hybridized carbons (Fsp3) is 0.400. The summed E-state index contributed by atoms with van der Waals surface area (Å²) in [5.74, 6) is -0.0408. The fourth-order valence-corrected chi connectivity index (χ4v) is 1.50. The maximum Gasteiger partial charge on any atom is 0.255 e. The number of hydrogen-bond donors (Lipinski definition) is 1. The molecule has 0 saturated carbocycles. The summed E-state index contributed by atoms with van der Waals surface area (Å²) in [4.78, 5) is 17.4. The van der Waals surface area contributed by atoms with Crippen LogP contribution in [0.2, 0.25) is 0 Å². The average Bonchev–Trinajstić information content (AvgIpc) is 2.13. The minimum absolute atomic E-state index is 0.0408. The Bertz CT molecular complexity index is 359. The summed E-state index contributed by atoms with van der Waals surface area (Å²) in [6.45, 7) is 2.68. The van der Waals surface area contributed by atoms with E-state index in [1.165, 1.54) is 0 Å². The molecule has 1 aromatic heterocycles. The van der Waals surface area contributed by atoms with Crippen molar-refractivity contribution < 1.29 is 9.90 Å². The van der Waals surface area contributed by atoms with Gasteiger partial charge in [0.1, 0.15) is 0 Å². The fourth-order valence-electron chi connectivity index (χ4n) is 1.50. The summed E-state index contributed by atoms with van der Waals surface area (Å²) in [5, 5.41) is 9.07. The molecule has 1 aliphatic rings. The zero-order valence-electron chi connectivity index (χ0n) is 7.97. The van der Waals surface area contributed by atoms with Crippen LogP contribution in [0.1, 0.15) is 16.1 Å². The third-order valence-corrected chi connectivity index (χ3v) is 2.39. The molecular weight excluding hydrogens is 180 g/mol. The zero-order valence-corrected chi connectivity index (χ0v) is 7.97. The summed E-state index contributed by atoms with van der Waals surface area (Å²) < 4.78 is 0. The molecule has 1 saturated heterocycles. The van der Waals surface area contributed by atoms with Crippen LogP contribution in [0.3, 0.4) is 0 Å². The summed E-state index contributed by atoms with van der Waals surface area (Å²) in [7, 11) is 0. The molecule has 4 heteroatoms. The Morgan fingerprint density at radius 2 is 2.36 bits per heavy atom. The van der Waals surface area contributed by atoms with E-state index in [4.69, 9.17) is 5.11 Å². The Kier molecular flexibility index (Phi) is 2.21. The number of nitrogens with zero attached hydrogens (tertiary/aromatic N) is 2. The number of likely N-dealkylation sites (tertiary alicyclic amines) is 1. The Balaban J connectivity index is 2.16. The highest BCUT2D eigenvalue weighted by molar-refractivity contribution is 5.95. The second-order valence-corrected chi connectivity index (χ2v) is 3.50. The quantitative estimate of drug-likeness (QED) is 0.692. The van der Waals surface area contributed by atoms with Gasteiger partial charge < -0.3 is 10.0 Å². The molecule has 2 rings (SSSR count). The molecule has 0 unspecified atom stereocenters. The number of amides is 1. The van der Waals surface area contributed by atoms with Crippen molar-refractivity contribution in [2.45, 2.75) is 13.0 Å². The van der Waals surface area contributed by atoms with Gasteiger partial charge in [-0.2, -0.15) is 0 Å². The van der Waals surface area contributed by atoms with Gasteiger partial charge in [0.25, 0.3) is 5.91 Å². The summed E-state index contributed by atoms with van der Waals surface area (Å²) in [6.07, 6.45) is 1.31. The number of carbonyl (C=O) groups is 1. The van der Waals surface area contributed by atoms with Gasteiger partial charge in [-0.1, -0.05) is 0 Å². The topological polar surface area (TPSA) is 53.4 Å². The number of rotatable bonds is 1. The molecule has 1 N–H and O–H groups in total. The Labute approximate surface area is 82.2 Å². The van der Waals surface area contributed by atoms with Crippen molar-refractivity contribution in [3.05, 3.63) is 29.6 Å². The van der Waals surface area contributed by atoms with Gasteiger partial charge in [-0.25, -0.2) is 0 Å². The SMILES string of the molecule is Cc1ncccc1C(=O)N1CC(O)C1. The molecule has 2 heterocycles. The number of aryl methyl sites for hydroxylation is 1. The third-order valence-electron chi connectivity index (χ3n) is 2.39. The van der Waals surface area contributed by atoms with Gasteiger partial charge in [0.2, 0.25) is 0 Å². The van der Waals surface area contributed by atoms with Gasteiger partial charge in [-0.15, -0.1) is 0 Å². The average molecular weight is 192 g/mol. The smallest absolute Gasteiger partial charge is 0.255 e. The van der Waals surface area contributed by atoms with Crippen LogP contribution in [0.5, 0.6) is 0 Å². The van der Waals surface area contributed by atoms with Crippen molar-refractivity contribution in [3.63, 3.8) is 0 Å². The van der Waals surface area contributed by atoms with E-state index in [0.717, 1.165) is 5.69 Å². The summed E-state index contributed by atoms with van der Waals surface area (Å²) in [5.41, 5.74) is 1.36. The first kappa shape index (κ1) is 9.15. The molecular formula is C10H12N2O2. The van der Waals surface area contributed by atoms with Crippen LogP contribution >= 0.6 is 0 Å². The molecule has 1 amide bonds. The van der Waals surface area contributed by atoms with E-state index >= 15 is 0 Å². The molecule has 0 bridgehead atoms. The van der Waals surface area contributed by atoms with E-state index in [0.29, 0.717) is 18.7 Å². The number of β-amino-alcohol motifs (C(OH)–C–C–N with tert-alkyl or cyclic N) is 1. The predicted molar refractivity (Wildman–Crippen MR) is 50.9 cm³/mol. The summed E-state index contributed by atoms with van der Waals surface area (Å²) in [6, 6.07) is 3.51. The molecule has 1 aliphatic heterocycles. The van der Waals surface area contributed by atoms with Gasteiger partial charge >= 0.3 is 0 Å². The maximum absolute atomic E-state index is 11.8. The van der Waals surface area contributed by atoms with Crippen LogP contribution in [-0.2, 0) is 0 Å². The predicted octanol–water partition coefficient (Wildman–Crippen LogP) is 0.207. The van der Waals surface area contributed by atoms with E-state index in [9.17, 15) is 4.79 Å². The number of hydrogen-bond acceptors (Lipinski definition) is 3. The van der Waals surface area contributed by atoms with Crippen molar-refractivity contribution in [2.75, 3.05) is 13.1 Å².